The topological polar surface area (TPSA) is 71.1 Å². The van der Waals surface area contributed by atoms with Gasteiger partial charge in [0.25, 0.3) is 5.56 Å². The molecule has 154 valence electrons. The van der Waals surface area contributed by atoms with Crippen LogP contribution in [0.1, 0.15) is 18.1 Å². The Hall–Kier alpha value is -3.32. The minimum absolute atomic E-state index is 0.233. The lowest BCUT2D eigenvalue weighted by atomic mass is 10.2. The normalized spacial score (nSPS) is 11.2. The van der Waals surface area contributed by atoms with Crippen LogP contribution >= 0.6 is 11.6 Å². The molecule has 2 heterocycles. The molecule has 0 unspecified atom stereocenters. The third-order valence-electron chi connectivity index (χ3n) is 5.06. The summed E-state index contributed by atoms with van der Waals surface area (Å²) in [5.74, 6) is 0.610. The van der Waals surface area contributed by atoms with E-state index < -0.39 is 11.2 Å². The summed E-state index contributed by atoms with van der Waals surface area (Å²) in [4.78, 5) is 29.8. The Kier molecular flexibility index (Phi) is 5.22. The van der Waals surface area contributed by atoms with Crippen LogP contribution in [0.4, 0.5) is 0 Å². The fourth-order valence-corrected chi connectivity index (χ4v) is 3.62. The molecule has 8 heteroatoms. The molecule has 0 amide bonds. The van der Waals surface area contributed by atoms with Crippen molar-refractivity contribution in [1.82, 2.24) is 18.7 Å². The molecule has 2 aromatic carbocycles. The molecule has 0 fully saturated rings. The molecule has 0 atom stereocenters. The van der Waals surface area contributed by atoms with Crippen molar-refractivity contribution in [1.29, 1.82) is 0 Å². The number of hydrogen-bond donors (Lipinski definition) is 0. The zero-order valence-corrected chi connectivity index (χ0v) is 17.7. The molecule has 0 aliphatic carbocycles. The number of benzene rings is 2. The molecule has 4 aromatic rings. The summed E-state index contributed by atoms with van der Waals surface area (Å²) in [5, 5.41) is 0.593. The second-order valence-corrected chi connectivity index (χ2v) is 7.53. The van der Waals surface area contributed by atoms with E-state index in [9.17, 15) is 9.59 Å². The molecule has 0 spiro atoms. The lowest BCUT2D eigenvalue weighted by Gasteiger charge is -2.11. The van der Waals surface area contributed by atoms with E-state index in [4.69, 9.17) is 16.3 Å². The van der Waals surface area contributed by atoms with Crippen molar-refractivity contribution in [3.63, 3.8) is 0 Å². The first-order valence-electron chi connectivity index (χ1n) is 9.56. The number of nitrogens with zero attached hydrogens (tertiary/aromatic N) is 4. The van der Waals surface area contributed by atoms with E-state index in [0.717, 1.165) is 22.1 Å². The lowest BCUT2D eigenvalue weighted by Crippen LogP contribution is -2.37. The number of aromatic nitrogens is 4. The van der Waals surface area contributed by atoms with E-state index >= 15 is 0 Å². The van der Waals surface area contributed by atoms with Gasteiger partial charge in [0.2, 0.25) is 0 Å². The summed E-state index contributed by atoms with van der Waals surface area (Å²) in [6.07, 6.45) is 0.866. The molecule has 0 saturated heterocycles. The van der Waals surface area contributed by atoms with Gasteiger partial charge in [0.15, 0.2) is 11.2 Å². The van der Waals surface area contributed by atoms with Gasteiger partial charge in [-0.1, -0.05) is 42.8 Å². The van der Waals surface area contributed by atoms with E-state index in [0.29, 0.717) is 22.8 Å². The smallest absolute Gasteiger partial charge is 0.332 e. The Morgan fingerprint density at radius 2 is 1.73 bits per heavy atom. The van der Waals surface area contributed by atoms with Crippen LogP contribution in [0.3, 0.4) is 0 Å². The van der Waals surface area contributed by atoms with Gasteiger partial charge in [-0.2, -0.15) is 4.98 Å². The SMILES string of the molecule is CCc1cccc(Oc2nc3c(c(=O)n(C)c(=O)n3C)n2Cc2cccc(Cl)c2)c1. The monoisotopic (exact) mass is 424 g/mol. The van der Waals surface area contributed by atoms with Crippen molar-refractivity contribution in [2.45, 2.75) is 19.9 Å². The zero-order valence-electron chi connectivity index (χ0n) is 16.9. The molecule has 4 rings (SSSR count). The highest BCUT2D eigenvalue weighted by Gasteiger charge is 2.21. The van der Waals surface area contributed by atoms with Gasteiger partial charge < -0.3 is 4.74 Å². The Morgan fingerprint density at radius 1 is 1.00 bits per heavy atom. The second-order valence-electron chi connectivity index (χ2n) is 7.09. The van der Waals surface area contributed by atoms with Crippen LogP contribution in [0.5, 0.6) is 11.8 Å². The standard InChI is InChI=1S/C22H21ClN4O3/c1-4-14-7-6-10-17(12-14)30-21-24-19-18(20(28)26(3)22(29)25(19)2)27(21)13-15-8-5-9-16(23)11-15/h5-12H,4,13H2,1-3H3. The maximum absolute atomic E-state index is 13.0. The van der Waals surface area contributed by atoms with Crippen LogP contribution in [0.2, 0.25) is 5.02 Å². The maximum atomic E-state index is 13.0. The summed E-state index contributed by atoms with van der Waals surface area (Å²) in [6, 6.07) is 15.3. The number of ether oxygens (including phenoxy) is 1. The first-order chi connectivity index (χ1) is 14.4. The predicted octanol–water partition coefficient (Wildman–Crippen LogP) is 3.49. The van der Waals surface area contributed by atoms with E-state index in [1.165, 1.54) is 11.6 Å². The van der Waals surface area contributed by atoms with Gasteiger partial charge in [0, 0.05) is 19.1 Å². The Labute approximate surface area is 177 Å². The molecular formula is C22H21ClN4O3. The number of hydrogen-bond acceptors (Lipinski definition) is 4. The van der Waals surface area contributed by atoms with Gasteiger partial charge in [-0.05, 0) is 41.8 Å². The number of imidazole rings is 1. The summed E-state index contributed by atoms with van der Waals surface area (Å²) >= 11 is 6.14. The van der Waals surface area contributed by atoms with E-state index in [1.54, 1.807) is 17.7 Å². The molecule has 0 aliphatic heterocycles. The molecule has 2 aromatic heterocycles. The van der Waals surface area contributed by atoms with E-state index in [-0.39, 0.29) is 11.7 Å². The molecule has 0 N–H and O–H groups in total. The Bertz CT molecular complexity index is 1370. The fourth-order valence-electron chi connectivity index (χ4n) is 3.40. The van der Waals surface area contributed by atoms with E-state index in [2.05, 4.69) is 11.9 Å². The average molecular weight is 425 g/mol. The molecule has 0 bridgehead atoms. The molecule has 0 radical (unpaired) electrons. The number of halogens is 1. The van der Waals surface area contributed by atoms with Gasteiger partial charge in [-0.25, -0.2) is 4.79 Å². The van der Waals surface area contributed by atoms with Crippen molar-refractivity contribution in [3.8, 4) is 11.8 Å². The van der Waals surface area contributed by atoms with Crippen LogP contribution < -0.4 is 16.0 Å². The quantitative estimate of drug-likeness (QED) is 0.491. The van der Waals surface area contributed by atoms with Crippen LogP contribution in [0, 0.1) is 0 Å². The van der Waals surface area contributed by atoms with Gasteiger partial charge in [0.05, 0.1) is 6.54 Å². The summed E-state index contributed by atoms with van der Waals surface area (Å²) in [7, 11) is 3.04. The second kappa shape index (κ2) is 7.84. The Balaban J connectivity index is 1.93. The number of aryl methyl sites for hydroxylation is 2. The van der Waals surface area contributed by atoms with Gasteiger partial charge in [-0.15, -0.1) is 0 Å². The first kappa shape index (κ1) is 20.0. The fraction of sp³-hybridized carbons (Fsp3) is 0.227. The molecule has 30 heavy (non-hydrogen) atoms. The highest BCUT2D eigenvalue weighted by atomic mass is 35.5. The number of rotatable bonds is 5. The summed E-state index contributed by atoms with van der Waals surface area (Å²) in [5.41, 5.74) is 1.69. The van der Waals surface area contributed by atoms with E-state index in [1.807, 2.05) is 42.5 Å². The highest BCUT2D eigenvalue weighted by Crippen LogP contribution is 2.26. The minimum atomic E-state index is -0.445. The van der Waals surface area contributed by atoms with Crippen molar-refractivity contribution in [2.75, 3.05) is 0 Å². The molecule has 0 aliphatic rings. The minimum Gasteiger partial charge on any atom is -0.425 e. The summed E-state index contributed by atoms with van der Waals surface area (Å²) < 4.78 is 10.2. The van der Waals surface area contributed by atoms with Crippen molar-refractivity contribution in [3.05, 3.63) is 85.5 Å². The number of fused-ring (bicyclic) bond motifs is 1. The first-order valence-corrected chi connectivity index (χ1v) is 9.94. The van der Waals surface area contributed by atoms with Gasteiger partial charge >= 0.3 is 11.7 Å². The molecule has 7 nitrogen and oxygen atoms in total. The van der Waals surface area contributed by atoms with Crippen LogP contribution in [-0.2, 0) is 27.1 Å². The summed E-state index contributed by atoms with van der Waals surface area (Å²) in [6.45, 7) is 2.38. The molecular weight excluding hydrogens is 404 g/mol. The van der Waals surface area contributed by atoms with Crippen LogP contribution in [0.25, 0.3) is 11.2 Å². The van der Waals surface area contributed by atoms with Crippen molar-refractivity contribution < 1.29 is 4.74 Å². The molecule has 0 saturated carbocycles. The average Bonchev–Trinajstić information content (AvgIpc) is 3.09. The van der Waals surface area contributed by atoms with Crippen LogP contribution in [0.15, 0.2) is 58.1 Å². The van der Waals surface area contributed by atoms with Gasteiger partial charge in [0.1, 0.15) is 5.75 Å². The van der Waals surface area contributed by atoms with Crippen molar-refractivity contribution >= 4 is 22.8 Å². The predicted molar refractivity (Wildman–Crippen MR) is 117 cm³/mol. The third kappa shape index (κ3) is 3.52. The zero-order chi connectivity index (χ0) is 21.4. The van der Waals surface area contributed by atoms with Crippen molar-refractivity contribution in [2.24, 2.45) is 14.1 Å². The third-order valence-corrected chi connectivity index (χ3v) is 5.29. The highest BCUT2D eigenvalue weighted by molar-refractivity contribution is 6.30. The van der Waals surface area contributed by atoms with Crippen LogP contribution in [-0.4, -0.2) is 18.7 Å². The largest absolute Gasteiger partial charge is 0.425 e. The lowest BCUT2D eigenvalue weighted by molar-refractivity contribution is 0.420. The maximum Gasteiger partial charge on any atom is 0.332 e. The Morgan fingerprint density at radius 3 is 2.47 bits per heavy atom. The van der Waals surface area contributed by atoms with Gasteiger partial charge in [-0.3, -0.25) is 18.5 Å².